The standard InChI is InChI=1S/C14H30/c1-5-9-14(10-6-2)12-8-7-11-13(3)4/h13-14H,5-12H2,1-4H3. The summed E-state index contributed by atoms with van der Waals surface area (Å²) in [5, 5.41) is 0. The molecule has 0 amide bonds. The van der Waals surface area contributed by atoms with E-state index in [1.165, 1.54) is 51.4 Å². The van der Waals surface area contributed by atoms with Crippen LogP contribution in [0.4, 0.5) is 0 Å². The molecule has 0 aromatic carbocycles. The average Bonchev–Trinajstić information content (AvgIpc) is 2.12. The molecule has 0 atom stereocenters. The summed E-state index contributed by atoms with van der Waals surface area (Å²) in [7, 11) is 0. The van der Waals surface area contributed by atoms with Crippen molar-refractivity contribution in [3.63, 3.8) is 0 Å². The SMILES string of the molecule is CCCC(CCC)CCCCC(C)C. The molecule has 0 N–H and O–H groups in total. The Bertz CT molecular complexity index is 98.6. The lowest BCUT2D eigenvalue weighted by Crippen LogP contribution is -2.00. The molecule has 14 heavy (non-hydrogen) atoms. The van der Waals surface area contributed by atoms with E-state index in [1.54, 1.807) is 0 Å². The summed E-state index contributed by atoms with van der Waals surface area (Å²) in [4.78, 5) is 0. The van der Waals surface area contributed by atoms with E-state index in [-0.39, 0.29) is 0 Å². The Morgan fingerprint density at radius 2 is 1.21 bits per heavy atom. The van der Waals surface area contributed by atoms with Crippen LogP contribution >= 0.6 is 0 Å². The highest BCUT2D eigenvalue weighted by Gasteiger charge is 2.06. The molecule has 0 fully saturated rings. The summed E-state index contributed by atoms with van der Waals surface area (Å²) in [6.07, 6.45) is 11.5. The van der Waals surface area contributed by atoms with E-state index in [0.29, 0.717) is 0 Å². The first-order valence-electron chi connectivity index (χ1n) is 6.70. The fraction of sp³-hybridized carbons (Fsp3) is 1.00. The van der Waals surface area contributed by atoms with E-state index in [2.05, 4.69) is 27.7 Å². The Morgan fingerprint density at radius 1 is 0.714 bits per heavy atom. The summed E-state index contributed by atoms with van der Waals surface area (Å²) < 4.78 is 0. The monoisotopic (exact) mass is 198 g/mol. The van der Waals surface area contributed by atoms with Gasteiger partial charge in [-0.05, 0) is 11.8 Å². The Morgan fingerprint density at radius 3 is 1.64 bits per heavy atom. The van der Waals surface area contributed by atoms with Gasteiger partial charge in [-0.3, -0.25) is 0 Å². The number of unbranched alkanes of at least 4 members (excludes halogenated alkanes) is 1. The van der Waals surface area contributed by atoms with Gasteiger partial charge in [-0.2, -0.15) is 0 Å². The summed E-state index contributed by atoms with van der Waals surface area (Å²) in [5.41, 5.74) is 0. The molecule has 0 nitrogen and oxygen atoms in total. The fourth-order valence-electron chi connectivity index (χ4n) is 2.24. The van der Waals surface area contributed by atoms with Crippen LogP contribution in [0.15, 0.2) is 0 Å². The Kier molecular flexibility index (Phi) is 9.55. The van der Waals surface area contributed by atoms with Gasteiger partial charge in [-0.15, -0.1) is 0 Å². The van der Waals surface area contributed by atoms with Crippen LogP contribution in [0.1, 0.15) is 79.1 Å². The van der Waals surface area contributed by atoms with Crippen LogP contribution < -0.4 is 0 Å². The van der Waals surface area contributed by atoms with E-state index >= 15 is 0 Å². The van der Waals surface area contributed by atoms with E-state index in [9.17, 15) is 0 Å². The third-order valence-electron chi connectivity index (χ3n) is 3.04. The molecule has 0 heteroatoms. The average molecular weight is 198 g/mol. The summed E-state index contributed by atoms with van der Waals surface area (Å²) >= 11 is 0. The molecular formula is C14H30. The van der Waals surface area contributed by atoms with Crippen LogP contribution in [-0.4, -0.2) is 0 Å². The molecule has 0 unspecified atom stereocenters. The van der Waals surface area contributed by atoms with Crippen LogP contribution in [0.2, 0.25) is 0 Å². The minimum atomic E-state index is 0.894. The van der Waals surface area contributed by atoms with Gasteiger partial charge < -0.3 is 0 Å². The van der Waals surface area contributed by atoms with Gasteiger partial charge in [0.1, 0.15) is 0 Å². The predicted octanol–water partition coefficient (Wildman–Crippen LogP) is 5.42. The van der Waals surface area contributed by atoms with Crippen LogP contribution in [0.5, 0.6) is 0 Å². The largest absolute Gasteiger partial charge is 0.0654 e. The van der Waals surface area contributed by atoms with Crippen molar-refractivity contribution in [1.29, 1.82) is 0 Å². The molecule has 0 aromatic heterocycles. The quantitative estimate of drug-likeness (QED) is 0.434. The van der Waals surface area contributed by atoms with Crippen LogP contribution in [0.3, 0.4) is 0 Å². The van der Waals surface area contributed by atoms with Crippen molar-refractivity contribution < 1.29 is 0 Å². The molecule has 0 rings (SSSR count). The zero-order valence-corrected chi connectivity index (χ0v) is 10.8. The van der Waals surface area contributed by atoms with Crippen molar-refractivity contribution in [2.45, 2.75) is 79.1 Å². The van der Waals surface area contributed by atoms with Gasteiger partial charge in [0.15, 0.2) is 0 Å². The zero-order chi connectivity index (χ0) is 10.8. The number of hydrogen-bond donors (Lipinski definition) is 0. The van der Waals surface area contributed by atoms with Gasteiger partial charge >= 0.3 is 0 Å². The normalized spacial score (nSPS) is 11.6. The molecule has 0 saturated carbocycles. The summed E-state index contributed by atoms with van der Waals surface area (Å²) in [6, 6.07) is 0. The second kappa shape index (κ2) is 9.55. The second-order valence-electron chi connectivity index (χ2n) is 5.12. The highest BCUT2D eigenvalue weighted by atomic mass is 14.1. The predicted molar refractivity (Wildman–Crippen MR) is 66.6 cm³/mol. The molecular weight excluding hydrogens is 168 g/mol. The molecule has 0 aliphatic carbocycles. The number of hydrogen-bond acceptors (Lipinski definition) is 0. The highest BCUT2D eigenvalue weighted by Crippen LogP contribution is 2.21. The maximum absolute atomic E-state index is 2.33. The first kappa shape index (κ1) is 14.0. The van der Waals surface area contributed by atoms with Crippen molar-refractivity contribution >= 4 is 0 Å². The van der Waals surface area contributed by atoms with Crippen LogP contribution in [0, 0.1) is 11.8 Å². The van der Waals surface area contributed by atoms with Gasteiger partial charge in [0, 0.05) is 0 Å². The van der Waals surface area contributed by atoms with Gasteiger partial charge in [-0.1, -0.05) is 79.1 Å². The van der Waals surface area contributed by atoms with Crippen molar-refractivity contribution in [3.05, 3.63) is 0 Å². The second-order valence-corrected chi connectivity index (χ2v) is 5.12. The van der Waals surface area contributed by atoms with Crippen LogP contribution in [-0.2, 0) is 0 Å². The lowest BCUT2D eigenvalue weighted by atomic mass is 9.91. The van der Waals surface area contributed by atoms with Gasteiger partial charge in [-0.25, -0.2) is 0 Å². The van der Waals surface area contributed by atoms with Crippen molar-refractivity contribution in [1.82, 2.24) is 0 Å². The first-order chi connectivity index (χ1) is 6.70. The van der Waals surface area contributed by atoms with Gasteiger partial charge in [0.05, 0.1) is 0 Å². The third kappa shape index (κ3) is 8.59. The Balaban J connectivity index is 3.40. The Labute approximate surface area is 91.5 Å². The summed E-state index contributed by atoms with van der Waals surface area (Å²) in [6.45, 7) is 9.29. The molecule has 0 saturated heterocycles. The molecule has 0 aliphatic rings. The van der Waals surface area contributed by atoms with Crippen LogP contribution in [0.25, 0.3) is 0 Å². The molecule has 86 valence electrons. The maximum Gasteiger partial charge on any atom is -0.0414 e. The lowest BCUT2D eigenvalue weighted by Gasteiger charge is -2.15. The van der Waals surface area contributed by atoms with Crippen molar-refractivity contribution in [2.24, 2.45) is 11.8 Å². The minimum absolute atomic E-state index is 0.894. The Hall–Kier alpha value is 0. The number of rotatable bonds is 9. The van der Waals surface area contributed by atoms with E-state index < -0.39 is 0 Å². The fourth-order valence-corrected chi connectivity index (χ4v) is 2.24. The smallest absolute Gasteiger partial charge is 0.0414 e. The molecule has 0 heterocycles. The van der Waals surface area contributed by atoms with Crippen molar-refractivity contribution in [3.8, 4) is 0 Å². The molecule has 0 aromatic rings. The van der Waals surface area contributed by atoms with E-state index in [1.807, 2.05) is 0 Å². The molecule has 0 aliphatic heterocycles. The van der Waals surface area contributed by atoms with E-state index in [4.69, 9.17) is 0 Å². The molecule has 0 bridgehead atoms. The van der Waals surface area contributed by atoms with Crippen molar-refractivity contribution in [2.75, 3.05) is 0 Å². The first-order valence-corrected chi connectivity index (χ1v) is 6.70. The minimum Gasteiger partial charge on any atom is -0.0654 e. The van der Waals surface area contributed by atoms with Gasteiger partial charge in [0.2, 0.25) is 0 Å². The highest BCUT2D eigenvalue weighted by molar-refractivity contribution is 4.59. The zero-order valence-electron chi connectivity index (χ0n) is 10.8. The van der Waals surface area contributed by atoms with E-state index in [0.717, 1.165) is 11.8 Å². The van der Waals surface area contributed by atoms with Gasteiger partial charge in [0.25, 0.3) is 0 Å². The summed E-state index contributed by atoms with van der Waals surface area (Å²) in [5.74, 6) is 1.92. The third-order valence-corrected chi connectivity index (χ3v) is 3.04. The topological polar surface area (TPSA) is 0 Å². The lowest BCUT2D eigenvalue weighted by molar-refractivity contribution is 0.385. The maximum atomic E-state index is 2.33. The molecule has 0 radical (unpaired) electrons. The molecule has 0 spiro atoms.